The average Bonchev–Trinajstić information content (AvgIpc) is 2.85. The number of aromatic nitrogens is 1. The van der Waals surface area contributed by atoms with Crippen LogP contribution >= 0.6 is 0 Å². The minimum atomic E-state index is -2.89. The van der Waals surface area contributed by atoms with Crippen LogP contribution in [-0.4, -0.2) is 69.0 Å². The summed E-state index contributed by atoms with van der Waals surface area (Å²) in [6, 6.07) is 5.78. The first-order valence-electron chi connectivity index (χ1n) is 12.2. The number of ketones is 1. The summed E-state index contributed by atoms with van der Waals surface area (Å²) >= 11 is 0. The summed E-state index contributed by atoms with van der Waals surface area (Å²) in [5.41, 5.74) is 11.9. The van der Waals surface area contributed by atoms with Gasteiger partial charge in [-0.1, -0.05) is 11.8 Å². The summed E-state index contributed by atoms with van der Waals surface area (Å²) in [6.07, 6.45) is 6.42. The van der Waals surface area contributed by atoms with Crippen molar-refractivity contribution in [3.8, 4) is 17.6 Å². The number of benzene rings is 1. The molecule has 1 aromatic carbocycles. The monoisotopic (exact) mass is 521 g/mol. The average molecular weight is 522 g/mol. The van der Waals surface area contributed by atoms with E-state index in [9.17, 15) is 20.1 Å². The summed E-state index contributed by atoms with van der Waals surface area (Å²) in [5, 5.41) is 31.7. The normalized spacial score (nSPS) is 15.8. The fourth-order valence-corrected chi connectivity index (χ4v) is 3.77. The third-order valence-corrected chi connectivity index (χ3v) is 5.99. The third-order valence-electron chi connectivity index (χ3n) is 5.99. The minimum Gasteiger partial charge on any atom is -0.432 e. The van der Waals surface area contributed by atoms with E-state index in [0.29, 0.717) is 11.1 Å². The molecule has 38 heavy (non-hydrogen) atoms. The number of likely N-dealkylation sites (tertiary alicyclic amines) is 1. The molecule has 1 saturated heterocycles. The first kappa shape index (κ1) is 28.8. The number of anilines is 1. The zero-order valence-corrected chi connectivity index (χ0v) is 22.1. The Morgan fingerprint density at radius 1 is 1.18 bits per heavy atom. The summed E-state index contributed by atoms with van der Waals surface area (Å²) in [5.74, 6) is 1.96. The van der Waals surface area contributed by atoms with Crippen molar-refractivity contribution in [3.05, 3.63) is 58.9 Å². The van der Waals surface area contributed by atoms with Crippen LogP contribution in [0.4, 0.5) is 5.82 Å². The Bertz CT molecular complexity index is 1290. The fourth-order valence-electron chi connectivity index (χ4n) is 3.77. The number of hydrogen-bond acceptors (Lipinski definition) is 10. The largest absolute Gasteiger partial charge is 0.432 e. The lowest BCUT2D eigenvalue weighted by Gasteiger charge is -2.26. The van der Waals surface area contributed by atoms with Crippen LogP contribution in [0.1, 0.15) is 60.7 Å². The standard InChI is InChI=1S/C28H35N5O5/c1-18(34)20-11-19(5-8-27(2,3)35)12-23(13-20)28(36,37)38-25-14-21(16-32-26(25)30)22(15-29)17-31-24-6-9-33(4)10-7-24/h11-17,24,35-37H,6-7,9-10,29H2,1-4H3,(H2,30,32). The van der Waals surface area contributed by atoms with Gasteiger partial charge in [-0.2, -0.15) is 0 Å². The highest BCUT2D eigenvalue weighted by atomic mass is 16.8. The van der Waals surface area contributed by atoms with E-state index in [-0.39, 0.29) is 40.1 Å². The number of hydrogen-bond donors (Lipinski definition) is 5. The number of nitrogens with zero attached hydrogens (tertiary/aromatic N) is 3. The molecule has 202 valence electrons. The summed E-state index contributed by atoms with van der Waals surface area (Å²) in [4.78, 5) is 23.1. The molecule has 7 N–H and O–H groups in total. The maximum absolute atomic E-state index is 12.1. The topological polar surface area (TPSA) is 168 Å². The van der Waals surface area contributed by atoms with Gasteiger partial charge in [-0.3, -0.25) is 9.79 Å². The van der Waals surface area contributed by atoms with Crippen LogP contribution in [0.15, 0.2) is 41.7 Å². The molecular weight excluding hydrogens is 486 g/mol. The number of rotatable bonds is 7. The molecule has 0 saturated carbocycles. The van der Waals surface area contributed by atoms with Gasteiger partial charge < -0.3 is 36.4 Å². The predicted molar refractivity (Wildman–Crippen MR) is 146 cm³/mol. The molecule has 0 atom stereocenters. The van der Waals surface area contributed by atoms with Crippen LogP contribution in [0.5, 0.6) is 5.75 Å². The van der Waals surface area contributed by atoms with E-state index in [1.807, 2.05) is 0 Å². The Hall–Kier alpha value is -3.75. The van der Waals surface area contributed by atoms with E-state index in [1.54, 1.807) is 6.21 Å². The predicted octanol–water partition coefficient (Wildman–Crippen LogP) is 1.63. The number of carbonyl (C=O) groups is 1. The van der Waals surface area contributed by atoms with Crippen molar-refractivity contribution in [1.29, 1.82) is 0 Å². The van der Waals surface area contributed by atoms with Crippen LogP contribution in [-0.2, 0) is 5.97 Å². The van der Waals surface area contributed by atoms with Crippen LogP contribution in [0.25, 0.3) is 5.57 Å². The summed E-state index contributed by atoms with van der Waals surface area (Å²) < 4.78 is 5.49. The van der Waals surface area contributed by atoms with Crippen LogP contribution < -0.4 is 16.2 Å². The second kappa shape index (κ2) is 11.8. The number of carbonyl (C=O) groups excluding carboxylic acids is 1. The molecule has 0 bridgehead atoms. The van der Waals surface area contributed by atoms with Gasteiger partial charge in [-0.15, -0.1) is 0 Å². The minimum absolute atomic E-state index is 0.0883. The first-order valence-corrected chi connectivity index (χ1v) is 12.2. The van der Waals surface area contributed by atoms with Gasteiger partial charge in [0.1, 0.15) is 5.60 Å². The van der Waals surface area contributed by atoms with E-state index in [1.165, 1.54) is 57.4 Å². The molecule has 0 radical (unpaired) electrons. The lowest BCUT2D eigenvalue weighted by molar-refractivity contribution is -0.303. The highest BCUT2D eigenvalue weighted by Crippen LogP contribution is 2.31. The maximum atomic E-state index is 12.1. The summed E-state index contributed by atoms with van der Waals surface area (Å²) in [6.45, 7) is 6.29. The third kappa shape index (κ3) is 7.87. The molecule has 2 heterocycles. The molecule has 1 aliphatic heterocycles. The molecule has 1 fully saturated rings. The van der Waals surface area contributed by atoms with E-state index < -0.39 is 11.6 Å². The number of aliphatic imine (C=N–C) groups is 1. The molecule has 3 rings (SSSR count). The van der Waals surface area contributed by atoms with Crippen molar-refractivity contribution in [3.63, 3.8) is 0 Å². The lowest BCUT2D eigenvalue weighted by Crippen LogP contribution is -2.33. The zero-order valence-electron chi connectivity index (χ0n) is 22.1. The van der Waals surface area contributed by atoms with Gasteiger partial charge in [0.05, 0.1) is 11.6 Å². The molecule has 10 nitrogen and oxygen atoms in total. The number of ether oxygens (including phenoxy) is 1. The van der Waals surface area contributed by atoms with Crippen molar-refractivity contribution in [1.82, 2.24) is 9.88 Å². The molecular formula is C28H35N5O5. The Kier molecular flexibility index (Phi) is 8.91. The second-order valence-electron chi connectivity index (χ2n) is 9.92. The first-order chi connectivity index (χ1) is 17.8. The Balaban J connectivity index is 1.90. The summed E-state index contributed by atoms with van der Waals surface area (Å²) in [7, 11) is 2.08. The molecule has 1 aromatic heterocycles. The van der Waals surface area contributed by atoms with Crippen molar-refractivity contribution < 1.29 is 24.9 Å². The van der Waals surface area contributed by atoms with E-state index in [2.05, 4.69) is 33.8 Å². The van der Waals surface area contributed by atoms with Crippen molar-refractivity contribution in [2.24, 2.45) is 10.7 Å². The van der Waals surface area contributed by atoms with Gasteiger partial charge in [-0.25, -0.2) is 4.98 Å². The highest BCUT2D eigenvalue weighted by molar-refractivity contribution is 6.09. The lowest BCUT2D eigenvalue weighted by atomic mass is 10.0. The van der Waals surface area contributed by atoms with E-state index in [0.717, 1.165) is 25.9 Å². The molecule has 10 heteroatoms. The number of pyridine rings is 1. The van der Waals surface area contributed by atoms with Gasteiger partial charge in [0.2, 0.25) is 0 Å². The van der Waals surface area contributed by atoms with Crippen molar-refractivity contribution in [2.75, 3.05) is 25.9 Å². The maximum Gasteiger partial charge on any atom is 0.351 e. The van der Waals surface area contributed by atoms with Gasteiger partial charge in [0.25, 0.3) is 0 Å². The molecule has 0 spiro atoms. The Morgan fingerprint density at radius 2 is 1.87 bits per heavy atom. The second-order valence-corrected chi connectivity index (χ2v) is 9.92. The van der Waals surface area contributed by atoms with Gasteiger partial charge in [0, 0.05) is 40.9 Å². The molecule has 0 amide bonds. The van der Waals surface area contributed by atoms with Crippen LogP contribution in [0, 0.1) is 11.8 Å². The van der Waals surface area contributed by atoms with Gasteiger partial charge >= 0.3 is 5.97 Å². The number of allylic oxidation sites excluding steroid dienone is 1. The Morgan fingerprint density at radius 3 is 2.47 bits per heavy atom. The number of nitrogens with two attached hydrogens (primary N) is 2. The van der Waals surface area contributed by atoms with Crippen LogP contribution in [0.3, 0.4) is 0 Å². The van der Waals surface area contributed by atoms with Crippen molar-refractivity contribution in [2.45, 2.75) is 51.2 Å². The fraction of sp³-hybridized carbons (Fsp3) is 0.393. The number of aliphatic hydroxyl groups is 3. The van der Waals surface area contributed by atoms with Gasteiger partial charge in [0.15, 0.2) is 17.4 Å². The number of Topliss-reactive ketones (excluding diaryl/α,β-unsaturated/α-hetero) is 1. The molecule has 0 unspecified atom stereocenters. The van der Waals surface area contributed by atoms with Gasteiger partial charge in [-0.05, 0) is 78.0 Å². The van der Waals surface area contributed by atoms with E-state index in [4.69, 9.17) is 16.2 Å². The smallest absolute Gasteiger partial charge is 0.351 e. The molecule has 2 aromatic rings. The van der Waals surface area contributed by atoms with Crippen LogP contribution in [0.2, 0.25) is 0 Å². The molecule has 0 aliphatic carbocycles. The SMILES string of the molecule is CC(=O)c1cc(C#CC(C)(C)O)cc(C(O)(O)Oc2cc(C(C=NC3CCN(C)CC3)=CN)cnc2N)c1. The molecule has 1 aliphatic rings. The number of nitrogen functional groups attached to an aromatic ring is 1. The van der Waals surface area contributed by atoms with E-state index >= 15 is 0 Å². The highest BCUT2D eigenvalue weighted by Gasteiger charge is 2.31. The Labute approximate surface area is 222 Å². The number of piperidine rings is 1. The van der Waals surface area contributed by atoms with Crippen molar-refractivity contribution >= 4 is 23.4 Å². The zero-order chi connectivity index (χ0) is 28.1. The quantitative estimate of drug-likeness (QED) is 0.157.